The van der Waals surface area contributed by atoms with E-state index in [1.165, 1.54) is 11.8 Å². The summed E-state index contributed by atoms with van der Waals surface area (Å²) in [7, 11) is 1.83. The van der Waals surface area contributed by atoms with Gasteiger partial charge in [0.25, 0.3) is 5.56 Å². The number of aromatic nitrogens is 2. The topological polar surface area (TPSA) is 64.0 Å². The number of halogens is 1. The van der Waals surface area contributed by atoms with Gasteiger partial charge >= 0.3 is 0 Å². The number of fused-ring (bicyclic) bond motifs is 1. The molecule has 0 bridgehead atoms. The van der Waals surface area contributed by atoms with Crippen molar-refractivity contribution in [2.75, 3.05) is 11.1 Å². The first-order chi connectivity index (χ1) is 11.5. The molecule has 1 amide bonds. The molecule has 0 aliphatic carbocycles. The van der Waals surface area contributed by atoms with Crippen LogP contribution in [0, 0.1) is 0 Å². The van der Waals surface area contributed by atoms with Gasteiger partial charge in [0.05, 0.1) is 5.56 Å². The molecule has 1 aliphatic heterocycles. The highest BCUT2D eigenvalue weighted by Crippen LogP contribution is 2.36. The van der Waals surface area contributed by atoms with Crippen LogP contribution in [0.4, 0.5) is 5.82 Å². The lowest BCUT2D eigenvalue weighted by atomic mass is 9.87. The highest BCUT2D eigenvalue weighted by molar-refractivity contribution is 7.99. The predicted molar refractivity (Wildman–Crippen MR) is 97.0 cm³/mol. The van der Waals surface area contributed by atoms with Crippen LogP contribution in [0.5, 0.6) is 0 Å². The maximum Gasteiger partial charge on any atom is 0.279 e. The molecule has 7 heteroatoms. The van der Waals surface area contributed by atoms with Gasteiger partial charge < -0.3 is 9.88 Å². The van der Waals surface area contributed by atoms with Crippen molar-refractivity contribution in [3.05, 3.63) is 50.8 Å². The summed E-state index contributed by atoms with van der Waals surface area (Å²) in [5.74, 6) is 1.01. The van der Waals surface area contributed by atoms with E-state index >= 15 is 0 Å². The Bertz CT molecular complexity index is 833. The zero-order valence-corrected chi connectivity index (χ0v) is 15.1. The number of anilines is 1. The number of nitrogens with one attached hydrogen (secondary N) is 1. The SMILES string of the molecule is CCCSc1nc(=O)c2c(n1C)NC(=O)CC2c1ccc(Cl)cc1. The molecule has 0 spiro atoms. The zero-order valence-electron chi connectivity index (χ0n) is 13.5. The fraction of sp³-hybridized carbons (Fsp3) is 0.353. The second kappa shape index (κ2) is 6.99. The second-order valence-corrected chi connectivity index (χ2v) is 7.22. The Hall–Kier alpha value is -1.79. The number of carbonyl (C=O) groups is 1. The van der Waals surface area contributed by atoms with Gasteiger partial charge in [0.15, 0.2) is 5.16 Å². The van der Waals surface area contributed by atoms with Crippen molar-refractivity contribution >= 4 is 35.1 Å². The van der Waals surface area contributed by atoms with Crippen LogP contribution >= 0.6 is 23.4 Å². The molecule has 2 aromatic rings. The molecule has 1 unspecified atom stereocenters. The normalized spacial score (nSPS) is 16.6. The van der Waals surface area contributed by atoms with Crippen molar-refractivity contribution < 1.29 is 4.79 Å². The summed E-state index contributed by atoms with van der Waals surface area (Å²) < 4.78 is 1.80. The molecule has 0 saturated heterocycles. The quantitative estimate of drug-likeness (QED) is 0.667. The largest absolute Gasteiger partial charge is 0.312 e. The lowest BCUT2D eigenvalue weighted by Gasteiger charge is -2.27. The molecule has 3 rings (SSSR count). The predicted octanol–water partition coefficient (Wildman–Crippen LogP) is 3.41. The Balaban J connectivity index is 2.12. The molecule has 5 nitrogen and oxygen atoms in total. The first-order valence-corrected chi connectivity index (χ1v) is 9.16. The van der Waals surface area contributed by atoms with E-state index in [1.807, 2.05) is 19.2 Å². The van der Waals surface area contributed by atoms with Gasteiger partial charge in [-0.25, -0.2) is 0 Å². The van der Waals surface area contributed by atoms with Crippen LogP contribution in [-0.4, -0.2) is 21.2 Å². The fourth-order valence-electron chi connectivity index (χ4n) is 2.84. The van der Waals surface area contributed by atoms with Crippen molar-refractivity contribution in [3.63, 3.8) is 0 Å². The van der Waals surface area contributed by atoms with Crippen molar-refractivity contribution in [1.82, 2.24) is 9.55 Å². The zero-order chi connectivity index (χ0) is 17.3. The van der Waals surface area contributed by atoms with Crippen LogP contribution in [0.1, 0.15) is 36.8 Å². The number of amides is 1. The van der Waals surface area contributed by atoms with Crippen molar-refractivity contribution in [2.45, 2.75) is 30.8 Å². The summed E-state index contributed by atoms with van der Waals surface area (Å²) in [6.45, 7) is 2.07. The molecular weight excluding hydrogens is 346 g/mol. The third-order valence-electron chi connectivity index (χ3n) is 4.01. The third-order valence-corrected chi connectivity index (χ3v) is 5.50. The van der Waals surface area contributed by atoms with Crippen molar-refractivity contribution in [2.24, 2.45) is 7.05 Å². The Morgan fingerprint density at radius 1 is 1.33 bits per heavy atom. The van der Waals surface area contributed by atoms with E-state index < -0.39 is 0 Å². The summed E-state index contributed by atoms with van der Waals surface area (Å²) in [5.41, 5.74) is 1.16. The average Bonchev–Trinajstić information content (AvgIpc) is 2.56. The van der Waals surface area contributed by atoms with E-state index in [9.17, 15) is 9.59 Å². The van der Waals surface area contributed by atoms with Crippen LogP contribution in [0.2, 0.25) is 5.02 Å². The fourth-order valence-corrected chi connectivity index (χ4v) is 3.78. The minimum atomic E-state index is -0.303. The molecule has 0 radical (unpaired) electrons. The van der Waals surface area contributed by atoms with Crippen LogP contribution < -0.4 is 10.9 Å². The number of thioether (sulfide) groups is 1. The Kier molecular flexibility index (Phi) is 4.96. The van der Waals surface area contributed by atoms with Crippen molar-refractivity contribution in [3.8, 4) is 0 Å². The van der Waals surface area contributed by atoms with Gasteiger partial charge in [0, 0.05) is 30.2 Å². The third kappa shape index (κ3) is 3.21. The van der Waals surface area contributed by atoms with E-state index in [2.05, 4.69) is 17.2 Å². The van der Waals surface area contributed by atoms with Gasteiger partial charge in [-0.15, -0.1) is 0 Å². The highest BCUT2D eigenvalue weighted by Gasteiger charge is 2.31. The maximum atomic E-state index is 12.6. The van der Waals surface area contributed by atoms with E-state index in [1.54, 1.807) is 16.7 Å². The summed E-state index contributed by atoms with van der Waals surface area (Å²) in [6.07, 6.45) is 1.21. The molecule has 126 valence electrons. The number of hydrogen-bond acceptors (Lipinski definition) is 4. The standard InChI is InChI=1S/C17H18ClN3O2S/c1-3-8-24-17-20-16(23)14-12(10-4-6-11(18)7-5-10)9-13(22)19-15(14)21(17)2/h4-7,12H,3,8-9H2,1-2H3,(H,19,22). The van der Waals surface area contributed by atoms with Crippen LogP contribution in [0.25, 0.3) is 0 Å². The molecule has 24 heavy (non-hydrogen) atoms. The van der Waals surface area contributed by atoms with E-state index in [-0.39, 0.29) is 23.8 Å². The van der Waals surface area contributed by atoms with Gasteiger partial charge in [0.2, 0.25) is 5.91 Å². The van der Waals surface area contributed by atoms with E-state index in [0.717, 1.165) is 17.7 Å². The summed E-state index contributed by atoms with van der Waals surface area (Å²) in [5, 5.41) is 4.09. The molecule has 2 heterocycles. The summed E-state index contributed by atoms with van der Waals surface area (Å²) in [4.78, 5) is 29.1. The van der Waals surface area contributed by atoms with E-state index in [0.29, 0.717) is 21.6 Å². The monoisotopic (exact) mass is 363 g/mol. The molecule has 1 N–H and O–H groups in total. The first-order valence-electron chi connectivity index (χ1n) is 7.80. The minimum absolute atomic E-state index is 0.102. The molecule has 1 atom stereocenters. The molecule has 1 aromatic heterocycles. The molecule has 0 fully saturated rings. The molecule has 1 aliphatic rings. The Morgan fingerprint density at radius 2 is 2.04 bits per heavy atom. The number of benzene rings is 1. The van der Waals surface area contributed by atoms with Crippen molar-refractivity contribution in [1.29, 1.82) is 0 Å². The molecular formula is C17H18ClN3O2S. The number of hydrogen-bond donors (Lipinski definition) is 1. The van der Waals surface area contributed by atoms with Gasteiger partial charge in [-0.3, -0.25) is 9.59 Å². The van der Waals surface area contributed by atoms with Crippen LogP contribution in [0.3, 0.4) is 0 Å². The lowest BCUT2D eigenvalue weighted by molar-refractivity contribution is -0.116. The Labute approximate surface area is 149 Å². The first kappa shape index (κ1) is 17.0. The van der Waals surface area contributed by atoms with Crippen LogP contribution in [0.15, 0.2) is 34.2 Å². The van der Waals surface area contributed by atoms with E-state index in [4.69, 9.17) is 11.6 Å². The maximum absolute atomic E-state index is 12.6. The summed E-state index contributed by atoms with van der Waals surface area (Å²) >= 11 is 7.46. The van der Waals surface area contributed by atoms with Gasteiger partial charge in [-0.1, -0.05) is 42.4 Å². The number of carbonyl (C=O) groups excluding carboxylic acids is 1. The van der Waals surface area contributed by atoms with Gasteiger partial charge in [-0.05, 0) is 24.1 Å². The number of rotatable bonds is 4. The minimum Gasteiger partial charge on any atom is -0.312 e. The molecule has 1 aromatic carbocycles. The highest BCUT2D eigenvalue weighted by atomic mass is 35.5. The Morgan fingerprint density at radius 3 is 2.71 bits per heavy atom. The number of nitrogens with zero attached hydrogens (tertiary/aromatic N) is 2. The lowest BCUT2D eigenvalue weighted by Crippen LogP contribution is -2.33. The second-order valence-electron chi connectivity index (χ2n) is 5.73. The van der Waals surface area contributed by atoms with Gasteiger partial charge in [-0.2, -0.15) is 4.98 Å². The molecule has 0 saturated carbocycles. The van der Waals surface area contributed by atoms with Gasteiger partial charge in [0.1, 0.15) is 5.82 Å². The average molecular weight is 364 g/mol. The van der Waals surface area contributed by atoms with Crippen LogP contribution in [-0.2, 0) is 11.8 Å². The smallest absolute Gasteiger partial charge is 0.279 e. The summed E-state index contributed by atoms with van der Waals surface area (Å²) in [6, 6.07) is 7.25.